The van der Waals surface area contributed by atoms with Crippen molar-refractivity contribution in [1.29, 1.82) is 0 Å². The van der Waals surface area contributed by atoms with Crippen molar-refractivity contribution in [2.45, 2.75) is 12.5 Å². The van der Waals surface area contributed by atoms with E-state index in [1.165, 1.54) is 0 Å². The van der Waals surface area contributed by atoms with Gasteiger partial charge in [0.25, 0.3) is 0 Å². The first kappa shape index (κ1) is 16.8. The second-order valence-electron chi connectivity index (χ2n) is 5.80. The summed E-state index contributed by atoms with van der Waals surface area (Å²) in [5, 5.41) is 3.10. The number of aromatic nitrogens is 2. The molecule has 3 rings (SSSR count). The number of para-hydroxylation sites is 1. The molecule has 1 heterocycles. The second-order valence-corrected chi connectivity index (χ2v) is 5.80. The summed E-state index contributed by atoms with van der Waals surface area (Å²) in [7, 11) is 3.54. The molecule has 1 amide bonds. The first-order valence-corrected chi connectivity index (χ1v) is 8.12. The smallest absolute Gasteiger partial charge is 0.225 e. The Balaban J connectivity index is 1.90. The third-order valence-electron chi connectivity index (χ3n) is 4.08. The molecule has 0 radical (unpaired) electrons. The van der Waals surface area contributed by atoms with Gasteiger partial charge in [0.05, 0.1) is 13.5 Å². The van der Waals surface area contributed by atoms with Gasteiger partial charge >= 0.3 is 0 Å². The average Bonchev–Trinajstić information content (AvgIpc) is 3.06. The number of amides is 1. The Hall–Kier alpha value is -3.08. The van der Waals surface area contributed by atoms with Gasteiger partial charge in [-0.3, -0.25) is 4.79 Å². The molecule has 2 aromatic carbocycles. The van der Waals surface area contributed by atoms with Crippen LogP contribution >= 0.6 is 0 Å². The number of rotatable bonds is 6. The quantitative estimate of drug-likeness (QED) is 0.753. The van der Waals surface area contributed by atoms with Gasteiger partial charge in [-0.05, 0) is 11.6 Å². The number of carbonyl (C=O) groups is 1. The molecule has 0 aliphatic rings. The summed E-state index contributed by atoms with van der Waals surface area (Å²) >= 11 is 0. The number of nitrogens with zero attached hydrogens (tertiary/aromatic N) is 2. The summed E-state index contributed by atoms with van der Waals surface area (Å²) in [6.07, 6.45) is 3.90. The lowest BCUT2D eigenvalue weighted by Crippen LogP contribution is -2.32. The van der Waals surface area contributed by atoms with Gasteiger partial charge in [-0.1, -0.05) is 48.5 Å². The van der Waals surface area contributed by atoms with Crippen molar-refractivity contribution in [3.8, 4) is 5.75 Å². The number of benzene rings is 2. The van der Waals surface area contributed by atoms with Gasteiger partial charge in [0.1, 0.15) is 17.6 Å². The monoisotopic (exact) mass is 335 g/mol. The van der Waals surface area contributed by atoms with E-state index >= 15 is 0 Å². The molecule has 0 fully saturated rings. The minimum atomic E-state index is -0.382. The van der Waals surface area contributed by atoms with E-state index < -0.39 is 0 Å². The first-order valence-electron chi connectivity index (χ1n) is 8.12. The number of methoxy groups -OCH3 is 1. The second kappa shape index (κ2) is 7.66. The van der Waals surface area contributed by atoms with Crippen molar-refractivity contribution >= 4 is 5.91 Å². The van der Waals surface area contributed by atoms with E-state index in [4.69, 9.17) is 4.74 Å². The van der Waals surface area contributed by atoms with Gasteiger partial charge in [0.15, 0.2) is 0 Å². The largest absolute Gasteiger partial charge is 0.496 e. The molecule has 1 N–H and O–H groups in total. The summed E-state index contributed by atoms with van der Waals surface area (Å²) in [4.78, 5) is 17.0. The van der Waals surface area contributed by atoms with Crippen LogP contribution < -0.4 is 10.1 Å². The molecular formula is C20H21N3O2. The van der Waals surface area contributed by atoms with Crippen molar-refractivity contribution in [1.82, 2.24) is 14.9 Å². The molecule has 1 atom stereocenters. The van der Waals surface area contributed by atoms with Crippen LogP contribution in [0.2, 0.25) is 0 Å². The summed E-state index contributed by atoms with van der Waals surface area (Å²) in [6.45, 7) is 0. The van der Waals surface area contributed by atoms with E-state index in [0.29, 0.717) is 6.42 Å². The van der Waals surface area contributed by atoms with Gasteiger partial charge in [0, 0.05) is 25.0 Å². The van der Waals surface area contributed by atoms with Crippen molar-refractivity contribution in [2.75, 3.05) is 7.11 Å². The van der Waals surface area contributed by atoms with Gasteiger partial charge in [0.2, 0.25) is 5.91 Å². The minimum absolute atomic E-state index is 0.0647. The van der Waals surface area contributed by atoms with Crippen LogP contribution in [0.3, 0.4) is 0 Å². The zero-order valence-corrected chi connectivity index (χ0v) is 14.3. The number of hydrogen-bond donors (Lipinski definition) is 1. The van der Waals surface area contributed by atoms with E-state index in [0.717, 1.165) is 22.7 Å². The number of aryl methyl sites for hydroxylation is 1. The average molecular weight is 335 g/mol. The molecular weight excluding hydrogens is 314 g/mol. The lowest BCUT2D eigenvalue weighted by Gasteiger charge is -2.21. The third kappa shape index (κ3) is 3.88. The Bertz CT molecular complexity index is 843. The predicted octanol–water partition coefficient (Wildman–Crippen LogP) is 2.88. The predicted molar refractivity (Wildman–Crippen MR) is 96.3 cm³/mol. The van der Waals surface area contributed by atoms with Crippen LogP contribution in [0.1, 0.15) is 23.0 Å². The van der Waals surface area contributed by atoms with Crippen LogP contribution in [0.15, 0.2) is 67.0 Å². The number of hydrogen-bond acceptors (Lipinski definition) is 3. The Morgan fingerprint density at radius 2 is 1.88 bits per heavy atom. The number of nitrogens with one attached hydrogen (secondary N) is 1. The summed E-state index contributed by atoms with van der Waals surface area (Å²) < 4.78 is 7.38. The molecule has 5 heteroatoms. The summed E-state index contributed by atoms with van der Waals surface area (Å²) in [6, 6.07) is 17.0. The minimum Gasteiger partial charge on any atom is -0.496 e. The number of carbonyl (C=O) groups excluding carboxylic acids is 1. The lowest BCUT2D eigenvalue weighted by atomic mass is 10.0. The highest BCUT2D eigenvalue weighted by Crippen LogP contribution is 2.29. The molecule has 128 valence electrons. The topological polar surface area (TPSA) is 56.1 Å². The van der Waals surface area contributed by atoms with Crippen LogP contribution in [-0.2, 0) is 18.3 Å². The fraction of sp³-hybridized carbons (Fsp3) is 0.200. The van der Waals surface area contributed by atoms with Gasteiger partial charge in [-0.25, -0.2) is 4.98 Å². The van der Waals surface area contributed by atoms with Crippen LogP contribution in [0.4, 0.5) is 0 Å². The summed E-state index contributed by atoms with van der Waals surface area (Å²) in [5.74, 6) is 1.41. The lowest BCUT2D eigenvalue weighted by molar-refractivity contribution is -0.121. The molecule has 0 saturated heterocycles. The molecule has 0 unspecified atom stereocenters. The fourth-order valence-electron chi connectivity index (χ4n) is 2.83. The zero-order chi connectivity index (χ0) is 17.6. The Morgan fingerprint density at radius 1 is 1.16 bits per heavy atom. The van der Waals surface area contributed by atoms with E-state index in [-0.39, 0.29) is 11.9 Å². The highest BCUT2D eigenvalue weighted by molar-refractivity contribution is 5.79. The van der Waals surface area contributed by atoms with Crippen molar-refractivity contribution in [3.63, 3.8) is 0 Å². The van der Waals surface area contributed by atoms with Crippen LogP contribution in [0.5, 0.6) is 5.75 Å². The molecule has 0 spiro atoms. The Kier molecular flexibility index (Phi) is 5.14. The summed E-state index contributed by atoms with van der Waals surface area (Å²) in [5.41, 5.74) is 1.85. The maximum Gasteiger partial charge on any atom is 0.225 e. The van der Waals surface area contributed by atoms with E-state index in [9.17, 15) is 4.79 Å². The van der Waals surface area contributed by atoms with Crippen molar-refractivity contribution in [3.05, 3.63) is 83.9 Å². The molecule has 0 bridgehead atoms. The molecule has 5 nitrogen and oxygen atoms in total. The van der Waals surface area contributed by atoms with E-state index in [2.05, 4.69) is 10.3 Å². The van der Waals surface area contributed by atoms with Crippen LogP contribution in [0.25, 0.3) is 0 Å². The highest BCUT2D eigenvalue weighted by Gasteiger charge is 2.23. The molecule has 3 aromatic rings. The maximum atomic E-state index is 12.6. The van der Waals surface area contributed by atoms with Crippen LogP contribution in [-0.4, -0.2) is 22.6 Å². The normalized spacial score (nSPS) is 11.8. The standard InChI is InChI=1S/C20H21N3O2/c1-23-13-12-21-20(23)19(16-10-6-7-11-17(16)25-2)22-18(24)14-15-8-4-3-5-9-15/h3-13,19H,14H2,1-2H3,(H,22,24)/t19-/m1/s1. The molecule has 0 aliphatic heterocycles. The number of imidazole rings is 1. The van der Waals surface area contributed by atoms with E-state index in [1.54, 1.807) is 13.3 Å². The first-order chi connectivity index (χ1) is 12.2. The van der Waals surface area contributed by atoms with Gasteiger partial charge in [-0.2, -0.15) is 0 Å². The van der Waals surface area contributed by atoms with Crippen molar-refractivity contribution in [2.24, 2.45) is 7.05 Å². The molecule has 25 heavy (non-hydrogen) atoms. The fourth-order valence-corrected chi connectivity index (χ4v) is 2.83. The molecule has 1 aromatic heterocycles. The Morgan fingerprint density at radius 3 is 2.56 bits per heavy atom. The number of ether oxygens (including phenoxy) is 1. The SMILES string of the molecule is COc1ccccc1[C@@H](NC(=O)Cc1ccccc1)c1nccn1C. The highest BCUT2D eigenvalue weighted by atomic mass is 16.5. The van der Waals surface area contributed by atoms with Gasteiger partial charge in [-0.15, -0.1) is 0 Å². The van der Waals surface area contributed by atoms with E-state index in [1.807, 2.05) is 72.4 Å². The Labute approximate surface area is 147 Å². The zero-order valence-electron chi connectivity index (χ0n) is 14.3. The molecule has 0 aliphatic carbocycles. The van der Waals surface area contributed by atoms with Crippen LogP contribution in [0, 0.1) is 0 Å². The maximum absolute atomic E-state index is 12.6. The van der Waals surface area contributed by atoms with Gasteiger partial charge < -0.3 is 14.6 Å². The molecule has 0 saturated carbocycles. The van der Waals surface area contributed by atoms with Crippen molar-refractivity contribution < 1.29 is 9.53 Å². The third-order valence-corrected chi connectivity index (χ3v) is 4.08.